The lowest BCUT2D eigenvalue weighted by Gasteiger charge is -2.11. The van der Waals surface area contributed by atoms with Crippen molar-refractivity contribution in [2.75, 3.05) is 13.2 Å². The first-order valence-corrected chi connectivity index (χ1v) is 8.75. The highest BCUT2D eigenvalue weighted by atomic mass is 79.9. The van der Waals surface area contributed by atoms with Crippen LogP contribution in [0.3, 0.4) is 0 Å². The average Bonchev–Trinajstić information content (AvgIpc) is 2.45. The van der Waals surface area contributed by atoms with E-state index in [1.807, 2.05) is 42.5 Å². The summed E-state index contributed by atoms with van der Waals surface area (Å²) >= 11 is 10.3. The van der Waals surface area contributed by atoms with Crippen molar-refractivity contribution in [1.29, 1.82) is 0 Å². The minimum absolute atomic E-state index is 0.508. The van der Waals surface area contributed by atoms with Crippen molar-refractivity contribution in [2.24, 2.45) is 0 Å². The highest BCUT2D eigenvalue weighted by Crippen LogP contribution is 2.25. The topological polar surface area (TPSA) is 18.5 Å². The van der Waals surface area contributed by atoms with Gasteiger partial charge in [0.15, 0.2) is 0 Å². The van der Waals surface area contributed by atoms with Gasteiger partial charge in [0.25, 0.3) is 0 Å². The minimum Gasteiger partial charge on any atom is -0.490 e. The number of benzene rings is 2. The molecule has 2 aromatic rings. The van der Waals surface area contributed by atoms with Crippen LogP contribution in [0.2, 0.25) is 0 Å². The predicted octanol–water partition coefficient (Wildman–Crippen LogP) is 5.56. The molecule has 2 aromatic carbocycles. The van der Waals surface area contributed by atoms with Crippen molar-refractivity contribution in [3.63, 3.8) is 0 Å². The summed E-state index contributed by atoms with van der Waals surface area (Å²) in [5.74, 6) is 1.71. The molecular weight excluding hydrogens is 452 g/mol. The molecule has 0 bridgehead atoms. The third-order valence-electron chi connectivity index (χ3n) is 2.57. The van der Waals surface area contributed by atoms with Crippen molar-refractivity contribution in [3.05, 3.63) is 57.0 Å². The Labute approximate surface area is 143 Å². The van der Waals surface area contributed by atoms with E-state index in [-0.39, 0.29) is 0 Å². The van der Waals surface area contributed by atoms with Crippen molar-refractivity contribution in [1.82, 2.24) is 0 Å². The van der Waals surface area contributed by atoms with Crippen molar-refractivity contribution >= 4 is 47.8 Å². The molecule has 5 heteroatoms. The highest BCUT2D eigenvalue weighted by molar-refractivity contribution is 9.10. The molecule has 0 atom stereocenters. The fourth-order valence-corrected chi connectivity index (χ4v) is 2.89. The van der Waals surface area contributed by atoms with Gasteiger partial charge in [-0.05, 0) is 36.4 Å². The molecule has 0 fully saturated rings. The Bertz CT molecular complexity index is 573. The summed E-state index contributed by atoms with van der Waals surface area (Å²) in [5.41, 5.74) is 1.11. The van der Waals surface area contributed by atoms with Gasteiger partial charge in [-0.25, -0.2) is 0 Å². The molecule has 0 saturated carbocycles. The smallest absolute Gasteiger partial charge is 0.123 e. The first kappa shape index (κ1) is 15.9. The lowest BCUT2D eigenvalue weighted by molar-refractivity contribution is 0.216. The zero-order valence-corrected chi connectivity index (χ0v) is 15.4. The van der Waals surface area contributed by atoms with Gasteiger partial charge in [0.1, 0.15) is 24.7 Å². The average molecular weight is 465 g/mol. The summed E-state index contributed by atoms with van der Waals surface area (Å²) in [7, 11) is 0. The Morgan fingerprint density at radius 2 is 1.60 bits per heavy atom. The monoisotopic (exact) mass is 462 g/mol. The first-order valence-electron chi connectivity index (χ1n) is 6.04. The molecule has 0 aliphatic rings. The summed E-state index contributed by atoms with van der Waals surface area (Å²) in [4.78, 5) is 0. The fourth-order valence-electron chi connectivity index (χ4n) is 1.66. The van der Waals surface area contributed by atoms with Crippen LogP contribution in [0.5, 0.6) is 11.5 Å². The summed E-state index contributed by atoms with van der Waals surface area (Å²) in [6, 6.07) is 13.7. The number of rotatable bonds is 6. The standard InChI is InChI=1S/C15H13Br3O2/c16-10-11-8-13(18)4-5-15(11)20-7-6-19-14-3-1-2-12(17)9-14/h1-5,8-9H,6-7,10H2. The zero-order chi connectivity index (χ0) is 14.4. The van der Waals surface area contributed by atoms with E-state index >= 15 is 0 Å². The predicted molar refractivity (Wildman–Crippen MR) is 91.9 cm³/mol. The highest BCUT2D eigenvalue weighted by Gasteiger charge is 2.03. The van der Waals surface area contributed by atoms with Gasteiger partial charge in [-0.15, -0.1) is 0 Å². The van der Waals surface area contributed by atoms with Gasteiger partial charge < -0.3 is 9.47 Å². The fraction of sp³-hybridized carbons (Fsp3) is 0.200. The summed E-state index contributed by atoms with van der Waals surface area (Å²) in [5, 5.41) is 0.758. The molecule has 2 nitrogen and oxygen atoms in total. The lowest BCUT2D eigenvalue weighted by Crippen LogP contribution is -2.09. The van der Waals surface area contributed by atoms with Gasteiger partial charge >= 0.3 is 0 Å². The SMILES string of the molecule is BrCc1cc(Br)ccc1OCCOc1cccc(Br)c1. The number of ether oxygens (including phenoxy) is 2. The van der Waals surface area contributed by atoms with E-state index in [2.05, 4.69) is 47.8 Å². The van der Waals surface area contributed by atoms with Crippen molar-refractivity contribution < 1.29 is 9.47 Å². The molecule has 0 unspecified atom stereocenters. The number of hydrogen-bond donors (Lipinski definition) is 0. The summed E-state index contributed by atoms with van der Waals surface area (Å²) in [6.07, 6.45) is 0. The van der Waals surface area contributed by atoms with E-state index in [4.69, 9.17) is 9.47 Å². The number of hydrogen-bond acceptors (Lipinski definition) is 2. The molecular formula is C15H13Br3O2. The second kappa shape index (κ2) is 8.05. The lowest BCUT2D eigenvalue weighted by atomic mass is 10.2. The van der Waals surface area contributed by atoms with E-state index in [1.165, 1.54) is 0 Å². The maximum absolute atomic E-state index is 5.75. The molecule has 0 aromatic heterocycles. The van der Waals surface area contributed by atoms with Crippen LogP contribution in [0.1, 0.15) is 5.56 Å². The van der Waals surface area contributed by atoms with E-state index < -0.39 is 0 Å². The second-order valence-electron chi connectivity index (χ2n) is 4.04. The van der Waals surface area contributed by atoms with Crippen LogP contribution in [0, 0.1) is 0 Å². The third-order valence-corrected chi connectivity index (χ3v) is 4.16. The van der Waals surface area contributed by atoms with Crippen molar-refractivity contribution in [2.45, 2.75) is 5.33 Å². The largest absolute Gasteiger partial charge is 0.490 e. The third kappa shape index (κ3) is 4.79. The van der Waals surface area contributed by atoms with Crippen LogP contribution in [0.4, 0.5) is 0 Å². The minimum atomic E-state index is 0.508. The molecule has 20 heavy (non-hydrogen) atoms. The molecule has 0 aliphatic carbocycles. The molecule has 0 saturated heterocycles. The molecule has 2 rings (SSSR count). The van der Waals surface area contributed by atoms with E-state index in [0.29, 0.717) is 13.2 Å². The van der Waals surface area contributed by atoms with E-state index in [9.17, 15) is 0 Å². The van der Waals surface area contributed by atoms with Gasteiger partial charge in [-0.2, -0.15) is 0 Å². The quantitative estimate of drug-likeness (QED) is 0.411. The van der Waals surface area contributed by atoms with Crippen LogP contribution in [-0.4, -0.2) is 13.2 Å². The molecule has 0 heterocycles. The summed E-state index contributed by atoms with van der Waals surface area (Å²) in [6.45, 7) is 1.02. The van der Waals surface area contributed by atoms with E-state index in [0.717, 1.165) is 31.3 Å². The van der Waals surface area contributed by atoms with E-state index in [1.54, 1.807) is 0 Å². The van der Waals surface area contributed by atoms with Gasteiger partial charge in [0.05, 0.1) is 0 Å². The maximum atomic E-state index is 5.75. The van der Waals surface area contributed by atoms with Crippen LogP contribution in [-0.2, 0) is 5.33 Å². The number of halogens is 3. The molecule has 0 radical (unpaired) electrons. The molecule has 0 spiro atoms. The Morgan fingerprint density at radius 3 is 2.35 bits per heavy atom. The van der Waals surface area contributed by atoms with Crippen LogP contribution >= 0.6 is 47.8 Å². The van der Waals surface area contributed by atoms with Gasteiger partial charge in [0.2, 0.25) is 0 Å². The Kier molecular flexibility index (Phi) is 6.39. The zero-order valence-electron chi connectivity index (χ0n) is 10.6. The Morgan fingerprint density at radius 1 is 0.850 bits per heavy atom. The van der Waals surface area contributed by atoms with Crippen LogP contribution in [0.25, 0.3) is 0 Å². The number of alkyl halides is 1. The van der Waals surface area contributed by atoms with Crippen LogP contribution < -0.4 is 9.47 Å². The normalized spacial score (nSPS) is 10.3. The Balaban J connectivity index is 1.84. The molecule has 0 N–H and O–H groups in total. The van der Waals surface area contributed by atoms with Gasteiger partial charge in [-0.3, -0.25) is 0 Å². The van der Waals surface area contributed by atoms with Gasteiger partial charge in [-0.1, -0.05) is 53.9 Å². The molecule has 106 valence electrons. The maximum Gasteiger partial charge on any atom is 0.123 e. The summed E-state index contributed by atoms with van der Waals surface area (Å²) < 4.78 is 13.4. The first-order chi connectivity index (χ1) is 9.69. The van der Waals surface area contributed by atoms with Crippen molar-refractivity contribution in [3.8, 4) is 11.5 Å². The molecule has 0 amide bonds. The molecule has 0 aliphatic heterocycles. The van der Waals surface area contributed by atoms with Crippen LogP contribution in [0.15, 0.2) is 51.4 Å². The van der Waals surface area contributed by atoms with Gasteiger partial charge in [0, 0.05) is 19.8 Å². The second-order valence-corrected chi connectivity index (χ2v) is 6.43. The Hall–Kier alpha value is -0.520.